The molecule has 0 aliphatic heterocycles. The van der Waals surface area contributed by atoms with Crippen LogP contribution in [0.1, 0.15) is 37.9 Å². The van der Waals surface area contributed by atoms with E-state index in [1.54, 1.807) is 0 Å². The van der Waals surface area contributed by atoms with Gasteiger partial charge in [-0.15, -0.1) is 0 Å². The van der Waals surface area contributed by atoms with Crippen molar-refractivity contribution in [2.24, 2.45) is 0 Å². The van der Waals surface area contributed by atoms with E-state index in [0.29, 0.717) is 0 Å². The maximum absolute atomic E-state index is 5.57. The van der Waals surface area contributed by atoms with E-state index >= 15 is 0 Å². The highest BCUT2D eigenvalue weighted by Gasteiger charge is 2.15. The molecule has 2 heterocycles. The number of H-pyrrole nitrogens is 1. The molecule has 0 fully saturated rings. The van der Waals surface area contributed by atoms with Crippen LogP contribution in [0.2, 0.25) is 0 Å². The van der Waals surface area contributed by atoms with Crippen molar-refractivity contribution in [3.63, 3.8) is 0 Å². The molecule has 4 heteroatoms. The molecule has 4 nitrogen and oxygen atoms in total. The molecule has 0 aliphatic carbocycles. The van der Waals surface area contributed by atoms with Gasteiger partial charge in [0.25, 0.3) is 0 Å². The summed E-state index contributed by atoms with van der Waals surface area (Å²) in [6.07, 6.45) is 1.87. The first-order valence-corrected chi connectivity index (χ1v) is 6.21. The standard InChI is InChI=1S/C14H21N3O/c1-9-6-12(10(2)18-9)13-11(8-16-17-13)7-15-14(3,4)5/h6,8,15H,7H2,1-5H3,(H,16,17). The van der Waals surface area contributed by atoms with E-state index in [9.17, 15) is 0 Å². The molecule has 0 atom stereocenters. The molecule has 0 amide bonds. The summed E-state index contributed by atoms with van der Waals surface area (Å²) in [6, 6.07) is 2.05. The smallest absolute Gasteiger partial charge is 0.110 e. The monoisotopic (exact) mass is 247 g/mol. The summed E-state index contributed by atoms with van der Waals surface area (Å²) in [6.45, 7) is 11.2. The third kappa shape index (κ3) is 2.82. The maximum Gasteiger partial charge on any atom is 0.110 e. The zero-order chi connectivity index (χ0) is 13.3. The Bertz CT molecular complexity index is 531. The molecule has 0 aromatic carbocycles. The second kappa shape index (κ2) is 4.61. The van der Waals surface area contributed by atoms with Gasteiger partial charge in [0, 0.05) is 23.2 Å². The lowest BCUT2D eigenvalue weighted by atomic mass is 10.1. The summed E-state index contributed by atoms with van der Waals surface area (Å²) >= 11 is 0. The van der Waals surface area contributed by atoms with Crippen LogP contribution in [0.15, 0.2) is 16.7 Å². The molecule has 0 bridgehead atoms. The molecule has 2 aromatic rings. The number of furan rings is 1. The fraction of sp³-hybridized carbons (Fsp3) is 0.500. The number of nitrogens with zero attached hydrogens (tertiary/aromatic N) is 1. The Labute approximate surface area is 108 Å². The van der Waals surface area contributed by atoms with E-state index in [1.165, 1.54) is 0 Å². The van der Waals surface area contributed by atoms with Crippen molar-refractivity contribution in [2.45, 2.75) is 46.7 Å². The molecule has 98 valence electrons. The molecule has 0 aliphatic rings. The minimum Gasteiger partial charge on any atom is -0.466 e. The molecule has 0 saturated heterocycles. The van der Waals surface area contributed by atoms with Crippen LogP contribution in [-0.2, 0) is 6.54 Å². The largest absolute Gasteiger partial charge is 0.466 e. The molecule has 0 spiro atoms. The maximum atomic E-state index is 5.57. The topological polar surface area (TPSA) is 53.9 Å². The summed E-state index contributed by atoms with van der Waals surface area (Å²) in [7, 11) is 0. The number of aromatic amines is 1. The van der Waals surface area contributed by atoms with Gasteiger partial charge in [0.05, 0.1) is 11.9 Å². The predicted molar refractivity (Wildman–Crippen MR) is 72.4 cm³/mol. The minimum absolute atomic E-state index is 0.0932. The Morgan fingerprint density at radius 1 is 1.33 bits per heavy atom. The lowest BCUT2D eigenvalue weighted by Gasteiger charge is -2.20. The van der Waals surface area contributed by atoms with Crippen molar-refractivity contribution in [2.75, 3.05) is 0 Å². The normalized spacial score (nSPS) is 12.1. The Morgan fingerprint density at radius 3 is 2.61 bits per heavy atom. The molecule has 0 saturated carbocycles. The third-order valence-corrected chi connectivity index (χ3v) is 2.84. The fourth-order valence-electron chi connectivity index (χ4n) is 1.92. The summed E-state index contributed by atoms with van der Waals surface area (Å²) in [5.74, 6) is 1.85. The van der Waals surface area contributed by atoms with Crippen molar-refractivity contribution >= 4 is 0 Å². The Kier molecular flexibility index (Phi) is 3.30. The number of rotatable bonds is 3. The van der Waals surface area contributed by atoms with Gasteiger partial charge in [-0.1, -0.05) is 0 Å². The second-order valence-corrected chi connectivity index (χ2v) is 5.70. The van der Waals surface area contributed by atoms with Crippen molar-refractivity contribution in [1.82, 2.24) is 15.5 Å². The van der Waals surface area contributed by atoms with E-state index in [4.69, 9.17) is 4.42 Å². The minimum atomic E-state index is 0.0932. The number of hydrogen-bond acceptors (Lipinski definition) is 3. The first-order valence-electron chi connectivity index (χ1n) is 6.21. The Morgan fingerprint density at radius 2 is 2.06 bits per heavy atom. The molecule has 0 radical (unpaired) electrons. The first kappa shape index (κ1) is 12.9. The van der Waals surface area contributed by atoms with Crippen molar-refractivity contribution in [3.05, 3.63) is 29.3 Å². The highest BCUT2D eigenvalue weighted by atomic mass is 16.3. The van der Waals surface area contributed by atoms with Crippen LogP contribution in [-0.4, -0.2) is 15.7 Å². The van der Waals surface area contributed by atoms with Gasteiger partial charge in [-0.2, -0.15) is 5.10 Å². The van der Waals surface area contributed by atoms with E-state index in [-0.39, 0.29) is 5.54 Å². The summed E-state index contributed by atoms with van der Waals surface area (Å²) in [5.41, 5.74) is 3.39. The predicted octanol–water partition coefficient (Wildman–Crippen LogP) is 3.17. The molecule has 18 heavy (non-hydrogen) atoms. The van der Waals surface area contributed by atoms with E-state index in [1.807, 2.05) is 26.1 Å². The van der Waals surface area contributed by atoms with Crippen LogP contribution in [0.4, 0.5) is 0 Å². The van der Waals surface area contributed by atoms with Gasteiger partial charge in [0.1, 0.15) is 11.5 Å². The van der Waals surface area contributed by atoms with Gasteiger partial charge in [-0.3, -0.25) is 5.10 Å². The van der Waals surface area contributed by atoms with Crippen LogP contribution < -0.4 is 5.32 Å². The summed E-state index contributed by atoms with van der Waals surface area (Å²) < 4.78 is 5.57. The van der Waals surface area contributed by atoms with Gasteiger partial charge >= 0.3 is 0 Å². The SMILES string of the molecule is Cc1cc(-c2[nH]ncc2CNC(C)(C)C)c(C)o1. The number of nitrogens with one attached hydrogen (secondary N) is 2. The molecule has 0 unspecified atom stereocenters. The molecule has 2 N–H and O–H groups in total. The van der Waals surface area contributed by atoms with Gasteiger partial charge in [-0.05, 0) is 40.7 Å². The fourth-order valence-corrected chi connectivity index (χ4v) is 1.92. The average molecular weight is 247 g/mol. The van der Waals surface area contributed by atoms with Crippen LogP contribution in [0.5, 0.6) is 0 Å². The zero-order valence-corrected chi connectivity index (χ0v) is 11.7. The van der Waals surface area contributed by atoms with Gasteiger partial charge in [0.15, 0.2) is 0 Å². The van der Waals surface area contributed by atoms with Crippen molar-refractivity contribution in [3.8, 4) is 11.3 Å². The van der Waals surface area contributed by atoms with Gasteiger partial charge in [0.2, 0.25) is 0 Å². The first-order chi connectivity index (χ1) is 8.37. The molecular weight excluding hydrogens is 226 g/mol. The van der Waals surface area contributed by atoms with Crippen LogP contribution in [0.3, 0.4) is 0 Å². The molecular formula is C14H21N3O. The zero-order valence-electron chi connectivity index (χ0n) is 11.7. The van der Waals surface area contributed by atoms with Crippen LogP contribution in [0, 0.1) is 13.8 Å². The highest BCUT2D eigenvalue weighted by molar-refractivity contribution is 5.65. The van der Waals surface area contributed by atoms with E-state index < -0.39 is 0 Å². The van der Waals surface area contributed by atoms with Gasteiger partial charge in [-0.25, -0.2) is 0 Å². The quantitative estimate of drug-likeness (QED) is 0.876. The van der Waals surface area contributed by atoms with E-state index in [0.717, 1.165) is 34.9 Å². The second-order valence-electron chi connectivity index (χ2n) is 5.70. The average Bonchev–Trinajstić information content (AvgIpc) is 2.80. The number of aryl methyl sites for hydroxylation is 2. The number of hydrogen-bond donors (Lipinski definition) is 2. The molecule has 2 rings (SSSR count). The Hall–Kier alpha value is -1.55. The van der Waals surface area contributed by atoms with Gasteiger partial charge < -0.3 is 9.73 Å². The summed E-state index contributed by atoms with van der Waals surface area (Å²) in [5, 5.41) is 10.7. The van der Waals surface area contributed by atoms with Crippen LogP contribution in [0.25, 0.3) is 11.3 Å². The lowest BCUT2D eigenvalue weighted by Crippen LogP contribution is -2.35. The molecule has 2 aromatic heterocycles. The summed E-state index contributed by atoms with van der Waals surface area (Å²) in [4.78, 5) is 0. The highest BCUT2D eigenvalue weighted by Crippen LogP contribution is 2.27. The van der Waals surface area contributed by atoms with Crippen LogP contribution >= 0.6 is 0 Å². The van der Waals surface area contributed by atoms with Crippen molar-refractivity contribution < 1.29 is 4.42 Å². The lowest BCUT2D eigenvalue weighted by molar-refractivity contribution is 0.424. The van der Waals surface area contributed by atoms with E-state index in [2.05, 4.69) is 36.3 Å². The number of aromatic nitrogens is 2. The van der Waals surface area contributed by atoms with Crippen molar-refractivity contribution in [1.29, 1.82) is 0 Å². The third-order valence-electron chi connectivity index (χ3n) is 2.84. The Balaban J connectivity index is 2.25.